The fourth-order valence-corrected chi connectivity index (χ4v) is 2.64. The molecule has 1 aliphatic rings. The van der Waals surface area contributed by atoms with E-state index in [1.807, 2.05) is 17.0 Å². The molecule has 2 rings (SSSR count). The highest BCUT2D eigenvalue weighted by Crippen LogP contribution is 2.20. The average Bonchev–Trinajstić information content (AvgIpc) is 2.46. The van der Waals surface area contributed by atoms with E-state index in [4.69, 9.17) is 4.74 Å². The van der Waals surface area contributed by atoms with Gasteiger partial charge in [0, 0.05) is 19.5 Å². The zero-order chi connectivity index (χ0) is 14.4. The Morgan fingerprint density at radius 2 is 2.10 bits per heavy atom. The first-order chi connectivity index (χ1) is 9.69. The Balaban J connectivity index is 1.73. The maximum Gasteiger partial charge on any atom is 0.222 e. The lowest BCUT2D eigenvalue weighted by Gasteiger charge is -2.32. The molecule has 0 bridgehead atoms. The second-order valence-electron chi connectivity index (χ2n) is 5.70. The van der Waals surface area contributed by atoms with E-state index in [0.717, 1.165) is 44.7 Å². The van der Waals surface area contributed by atoms with Crippen molar-refractivity contribution in [1.82, 2.24) is 4.90 Å². The van der Waals surface area contributed by atoms with Crippen LogP contribution in [0.15, 0.2) is 24.3 Å². The van der Waals surface area contributed by atoms with Crippen LogP contribution in [0.2, 0.25) is 0 Å². The van der Waals surface area contributed by atoms with E-state index in [1.165, 1.54) is 5.56 Å². The van der Waals surface area contributed by atoms with Gasteiger partial charge in [-0.2, -0.15) is 0 Å². The van der Waals surface area contributed by atoms with Gasteiger partial charge in [-0.15, -0.1) is 0 Å². The topological polar surface area (TPSA) is 29.5 Å². The molecule has 1 aromatic carbocycles. The molecule has 1 amide bonds. The van der Waals surface area contributed by atoms with Crippen molar-refractivity contribution in [2.75, 3.05) is 19.7 Å². The minimum absolute atomic E-state index is 0.311. The minimum Gasteiger partial charge on any atom is -0.493 e. The number of rotatable bonds is 5. The van der Waals surface area contributed by atoms with Crippen molar-refractivity contribution >= 4 is 5.91 Å². The molecule has 1 aliphatic heterocycles. The van der Waals surface area contributed by atoms with E-state index in [2.05, 4.69) is 26.0 Å². The minimum atomic E-state index is 0.311. The number of carbonyl (C=O) groups is 1. The van der Waals surface area contributed by atoms with Gasteiger partial charge in [0.15, 0.2) is 0 Å². The molecule has 1 fully saturated rings. The summed E-state index contributed by atoms with van der Waals surface area (Å²) < 4.78 is 5.87. The van der Waals surface area contributed by atoms with Crippen molar-refractivity contribution in [1.29, 1.82) is 0 Å². The summed E-state index contributed by atoms with van der Waals surface area (Å²) in [6.45, 7) is 6.67. The first kappa shape index (κ1) is 14.9. The summed E-state index contributed by atoms with van der Waals surface area (Å²) in [4.78, 5) is 13.8. The molecular formula is C17H25NO2. The molecule has 0 unspecified atom stereocenters. The van der Waals surface area contributed by atoms with Crippen LogP contribution in [-0.4, -0.2) is 30.5 Å². The van der Waals surface area contributed by atoms with Crippen LogP contribution in [-0.2, 0) is 4.79 Å². The predicted molar refractivity (Wildman–Crippen MR) is 80.9 cm³/mol. The van der Waals surface area contributed by atoms with Gasteiger partial charge in [0.05, 0.1) is 6.61 Å². The molecule has 0 N–H and O–H groups in total. The molecule has 0 radical (unpaired) electrons. The summed E-state index contributed by atoms with van der Waals surface area (Å²) >= 11 is 0. The molecule has 0 aliphatic carbocycles. The van der Waals surface area contributed by atoms with E-state index >= 15 is 0 Å². The van der Waals surface area contributed by atoms with Crippen LogP contribution in [0.5, 0.6) is 5.75 Å². The number of benzene rings is 1. The van der Waals surface area contributed by atoms with Gasteiger partial charge in [-0.3, -0.25) is 4.79 Å². The Labute approximate surface area is 121 Å². The number of piperidine rings is 1. The van der Waals surface area contributed by atoms with Crippen molar-refractivity contribution in [3.63, 3.8) is 0 Å². The van der Waals surface area contributed by atoms with Crippen molar-refractivity contribution in [2.24, 2.45) is 5.92 Å². The molecule has 110 valence electrons. The largest absolute Gasteiger partial charge is 0.493 e. The van der Waals surface area contributed by atoms with Crippen LogP contribution < -0.4 is 4.74 Å². The third kappa shape index (κ3) is 4.26. The number of hydrogen-bond donors (Lipinski definition) is 0. The first-order valence-corrected chi connectivity index (χ1v) is 7.66. The second-order valence-corrected chi connectivity index (χ2v) is 5.70. The number of hydrogen-bond acceptors (Lipinski definition) is 2. The van der Waals surface area contributed by atoms with E-state index in [0.29, 0.717) is 18.2 Å². The monoisotopic (exact) mass is 275 g/mol. The number of carbonyl (C=O) groups excluding carboxylic acids is 1. The van der Waals surface area contributed by atoms with Crippen LogP contribution in [0, 0.1) is 12.8 Å². The van der Waals surface area contributed by atoms with Gasteiger partial charge in [0.1, 0.15) is 5.75 Å². The molecule has 0 spiro atoms. The smallest absolute Gasteiger partial charge is 0.222 e. The standard InChI is InChI=1S/C17H25NO2/c1-3-5-17(19)18-10-8-15(9-11-18)13-20-16-7-4-6-14(2)12-16/h4,6-7,12,15H,3,5,8-11,13H2,1-2H3. The molecule has 0 aromatic heterocycles. The lowest BCUT2D eigenvalue weighted by molar-refractivity contribution is -0.132. The maximum absolute atomic E-state index is 11.8. The van der Waals surface area contributed by atoms with Gasteiger partial charge in [-0.25, -0.2) is 0 Å². The Hall–Kier alpha value is -1.51. The fraction of sp³-hybridized carbons (Fsp3) is 0.588. The van der Waals surface area contributed by atoms with Gasteiger partial charge in [-0.1, -0.05) is 19.1 Å². The first-order valence-electron chi connectivity index (χ1n) is 7.66. The van der Waals surface area contributed by atoms with E-state index < -0.39 is 0 Å². The van der Waals surface area contributed by atoms with Crippen LogP contribution in [0.25, 0.3) is 0 Å². The molecule has 0 atom stereocenters. The summed E-state index contributed by atoms with van der Waals surface area (Å²) in [5, 5.41) is 0. The van der Waals surface area contributed by atoms with Gasteiger partial charge in [0.25, 0.3) is 0 Å². The lowest BCUT2D eigenvalue weighted by atomic mass is 9.97. The quantitative estimate of drug-likeness (QED) is 0.824. The summed E-state index contributed by atoms with van der Waals surface area (Å²) in [5.41, 5.74) is 1.22. The van der Waals surface area contributed by atoms with Crippen LogP contribution >= 0.6 is 0 Å². The van der Waals surface area contributed by atoms with Crippen molar-refractivity contribution in [3.05, 3.63) is 29.8 Å². The fourth-order valence-electron chi connectivity index (χ4n) is 2.64. The average molecular weight is 275 g/mol. The van der Waals surface area contributed by atoms with Crippen molar-refractivity contribution in [3.8, 4) is 5.75 Å². The third-order valence-electron chi connectivity index (χ3n) is 3.91. The van der Waals surface area contributed by atoms with Gasteiger partial charge >= 0.3 is 0 Å². The molecule has 0 saturated carbocycles. The highest BCUT2D eigenvalue weighted by molar-refractivity contribution is 5.76. The number of aryl methyl sites for hydroxylation is 1. The Morgan fingerprint density at radius 1 is 1.35 bits per heavy atom. The number of likely N-dealkylation sites (tertiary alicyclic amines) is 1. The van der Waals surface area contributed by atoms with Crippen molar-refractivity contribution < 1.29 is 9.53 Å². The maximum atomic E-state index is 11.8. The van der Waals surface area contributed by atoms with Crippen LogP contribution in [0.1, 0.15) is 38.2 Å². The zero-order valence-corrected chi connectivity index (χ0v) is 12.6. The highest BCUT2D eigenvalue weighted by Gasteiger charge is 2.22. The molecular weight excluding hydrogens is 250 g/mol. The number of amides is 1. The zero-order valence-electron chi connectivity index (χ0n) is 12.6. The van der Waals surface area contributed by atoms with Gasteiger partial charge < -0.3 is 9.64 Å². The molecule has 1 saturated heterocycles. The normalized spacial score (nSPS) is 16.2. The highest BCUT2D eigenvalue weighted by atomic mass is 16.5. The summed E-state index contributed by atoms with van der Waals surface area (Å²) in [5.74, 6) is 1.83. The Morgan fingerprint density at radius 3 is 2.75 bits per heavy atom. The molecule has 20 heavy (non-hydrogen) atoms. The van der Waals surface area contributed by atoms with Gasteiger partial charge in [-0.05, 0) is 49.8 Å². The molecule has 3 nitrogen and oxygen atoms in total. The van der Waals surface area contributed by atoms with Gasteiger partial charge in [0.2, 0.25) is 5.91 Å². The Bertz CT molecular complexity index is 436. The summed E-state index contributed by atoms with van der Waals surface area (Å²) in [6, 6.07) is 8.17. The summed E-state index contributed by atoms with van der Waals surface area (Å²) in [7, 11) is 0. The number of ether oxygens (including phenoxy) is 1. The SMILES string of the molecule is CCCC(=O)N1CCC(COc2cccc(C)c2)CC1. The summed E-state index contributed by atoms with van der Waals surface area (Å²) in [6.07, 6.45) is 3.74. The molecule has 1 aromatic rings. The van der Waals surface area contributed by atoms with Crippen molar-refractivity contribution in [2.45, 2.75) is 39.5 Å². The third-order valence-corrected chi connectivity index (χ3v) is 3.91. The van der Waals surface area contributed by atoms with E-state index in [-0.39, 0.29) is 0 Å². The Kier molecular flexibility index (Phi) is 5.45. The second kappa shape index (κ2) is 7.32. The van der Waals surface area contributed by atoms with Crippen LogP contribution in [0.3, 0.4) is 0 Å². The number of nitrogens with zero attached hydrogens (tertiary/aromatic N) is 1. The molecule has 3 heteroatoms. The predicted octanol–water partition coefficient (Wildman–Crippen LogP) is 3.41. The van der Waals surface area contributed by atoms with E-state index in [9.17, 15) is 4.79 Å². The molecule has 1 heterocycles. The van der Waals surface area contributed by atoms with E-state index in [1.54, 1.807) is 0 Å². The van der Waals surface area contributed by atoms with Crippen LogP contribution in [0.4, 0.5) is 0 Å². The lowest BCUT2D eigenvalue weighted by Crippen LogP contribution is -2.39.